The summed E-state index contributed by atoms with van der Waals surface area (Å²) in [6.07, 6.45) is 3.50. The molecule has 0 aliphatic heterocycles. The molecule has 24 heavy (non-hydrogen) atoms. The van der Waals surface area contributed by atoms with Crippen LogP contribution in [0.1, 0.15) is 36.9 Å². The molecule has 2 atom stereocenters. The number of rotatable bonds is 4. The summed E-state index contributed by atoms with van der Waals surface area (Å²) in [5.74, 6) is -1.94. The number of hydrogen-bond donors (Lipinski definition) is 3. The normalized spacial score (nSPS) is 16.9. The monoisotopic (exact) mass is 334 g/mol. The molecule has 0 heterocycles. The zero-order valence-electron chi connectivity index (χ0n) is 13.8. The van der Waals surface area contributed by atoms with Crippen molar-refractivity contribution in [1.29, 1.82) is 0 Å². The smallest absolute Gasteiger partial charge is 0.129 e. The number of aryl methyl sites for hydroxylation is 1. The zero-order valence-corrected chi connectivity index (χ0v) is 13.8. The van der Waals surface area contributed by atoms with Crippen LogP contribution in [0, 0.1) is 11.6 Å². The highest BCUT2D eigenvalue weighted by atomic mass is 19.1. The Kier molecular flexibility index (Phi) is 6.70. The topological polar surface area (TPSA) is 58.3 Å². The van der Waals surface area contributed by atoms with E-state index in [0.29, 0.717) is 18.2 Å². The highest BCUT2D eigenvalue weighted by molar-refractivity contribution is 5.34. The molecule has 1 aliphatic carbocycles. The first-order valence-electron chi connectivity index (χ1n) is 8.17. The number of benzene rings is 2. The highest BCUT2D eigenvalue weighted by Crippen LogP contribution is 2.30. The van der Waals surface area contributed by atoms with Gasteiger partial charge in [-0.15, -0.1) is 0 Å². The van der Waals surface area contributed by atoms with Crippen molar-refractivity contribution in [3.63, 3.8) is 0 Å². The van der Waals surface area contributed by atoms with E-state index in [1.807, 2.05) is 0 Å². The lowest BCUT2D eigenvalue weighted by atomic mass is 10.1. The van der Waals surface area contributed by atoms with Gasteiger partial charge in [-0.1, -0.05) is 24.3 Å². The van der Waals surface area contributed by atoms with E-state index in [1.54, 1.807) is 0 Å². The first kappa shape index (κ1) is 18.4. The lowest BCUT2D eigenvalue weighted by Crippen LogP contribution is -2.26. The van der Waals surface area contributed by atoms with E-state index in [9.17, 15) is 8.78 Å². The molecule has 0 aromatic heterocycles. The van der Waals surface area contributed by atoms with Gasteiger partial charge in [0, 0.05) is 30.3 Å². The average Bonchev–Trinajstić information content (AvgIpc) is 2.90. The number of aromatic hydroxyl groups is 1. The van der Waals surface area contributed by atoms with Crippen LogP contribution in [0.4, 0.5) is 8.78 Å². The second-order valence-corrected chi connectivity index (χ2v) is 6.14. The van der Waals surface area contributed by atoms with Crippen LogP contribution in [0.25, 0.3) is 0 Å². The molecule has 3 nitrogen and oxygen atoms in total. The Hall–Kier alpha value is -1.98. The zero-order chi connectivity index (χ0) is 17.5. The highest BCUT2D eigenvalue weighted by Gasteiger charge is 2.20. The third-order valence-corrected chi connectivity index (χ3v) is 3.97. The Morgan fingerprint density at radius 1 is 1.21 bits per heavy atom. The molecule has 0 fully saturated rings. The maximum Gasteiger partial charge on any atom is 0.129 e. The summed E-state index contributed by atoms with van der Waals surface area (Å²) < 4.78 is 24.1. The van der Waals surface area contributed by atoms with Crippen LogP contribution in [-0.2, 0) is 6.42 Å². The van der Waals surface area contributed by atoms with Crippen LogP contribution >= 0.6 is 0 Å². The van der Waals surface area contributed by atoms with Crippen molar-refractivity contribution in [2.75, 3.05) is 6.54 Å². The van der Waals surface area contributed by atoms with Gasteiger partial charge in [-0.05, 0) is 43.9 Å². The summed E-state index contributed by atoms with van der Waals surface area (Å²) in [6, 6.07) is 12.0. The SMILES string of the molecule is C[C@H](N)CCN[C@@H]1CCc2ccccc21.Oc1cc(F)cc(F)c1. The quantitative estimate of drug-likeness (QED) is 0.799. The molecular formula is C19H24F2N2O. The van der Waals surface area contributed by atoms with E-state index in [-0.39, 0.29) is 0 Å². The van der Waals surface area contributed by atoms with Crippen molar-refractivity contribution >= 4 is 0 Å². The minimum absolute atomic E-state index is 0.300. The van der Waals surface area contributed by atoms with Gasteiger partial charge in [0.05, 0.1) is 0 Å². The van der Waals surface area contributed by atoms with Crippen LogP contribution in [0.5, 0.6) is 5.75 Å². The molecule has 1 aliphatic rings. The Morgan fingerprint density at radius 2 is 1.88 bits per heavy atom. The first-order valence-corrected chi connectivity index (χ1v) is 8.17. The van der Waals surface area contributed by atoms with E-state index in [2.05, 4.69) is 36.5 Å². The van der Waals surface area contributed by atoms with Crippen molar-refractivity contribution in [3.8, 4) is 5.75 Å². The van der Waals surface area contributed by atoms with Crippen LogP contribution in [-0.4, -0.2) is 17.7 Å². The fraction of sp³-hybridized carbons (Fsp3) is 0.368. The molecule has 0 saturated carbocycles. The van der Waals surface area contributed by atoms with E-state index in [1.165, 1.54) is 24.0 Å². The van der Waals surface area contributed by atoms with Gasteiger partial charge in [0.1, 0.15) is 17.4 Å². The second-order valence-electron chi connectivity index (χ2n) is 6.14. The molecule has 0 amide bonds. The van der Waals surface area contributed by atoms with Crippen molar-refractivity contribution < 1.29 is 13.9 Å². The van der Waals surface area contributed by atoms with Gasteiger partial charge in [0.15, 0.2) is 0 Å². The molecule has 0 saturated heterocycles. The molecule has 2 aromatic carbocycles. The Bertz CT molecular complexity index is 611. The van der Waals surface area contributed by atoms with E-state index in [4.69, 9.17) is 10.8 Å². The maximum absolute atomic E-state index is 12.0. The maximum atomic E-state index is 12.0. The third-order valence-electron chi connectivity index (χ3n) is 3.97. The number of nitrogens with two attached hydrogens (primary N) is 1. The summed E-state index contributed by atoms with van der Waals surface area (Å²) in [6.45, 7) is 3.08. The Labute approximate surface area is 141 Å². The summed E-state index contributed by atoms with van der Waals surface area (Å²) in [5, 5.41) is 12.1. The van der Waals surface area contributed by atoms with Gasteiger partial charge < -0.3 is 16.2 Å². The first-order chi connectivity index (χ1) is 11.5. The molecular weight excluding hydrogens is 310 g/mol. The summed E-state index contributed by atoms with van der Waals surface area (Å²) in [7, 11) is 0. The molecule has 0 unspecified atom stereocenters. The largest absolute Gasteiger partial charge is 0.508 e. The van der Waals surface area contributed by atoms with Gasteiger partial charge in [-0.25, -0.2) is 8.78 Å². The lowest BCUT2D eigenvalue weighted by molar-refractivity contribution is 0.460. The molecule has 4 N–H and O–H groups in total. The van der Waals surface area contributed by atoms with Crippen molar-refractivity contribution in [2.45, 2.75) is 38.3 Å². The van der Waals surface area contributed by atoms with Crippen molar-refractivity contribution in [1.82, 2.24) is 5.32 Å². The molecule has 0 spiro atoms. The fourth-order valence-corrected chi connectivity index (χ4v) is 2.79. The second kappa shape index (κ2) is 8.76. The van der Waals surface area contributed by atoms with Crippen LogP contribution in [0.3, 0.4) is 0 Å². The Balaban J connectivity index is 0.000000198. The lowest BCUT2D eigenvalue weighted by Gasteiger charge is -2.14. The number of fused-ring (bicyclic) bond motifs is 1. The van der Waals surface area contributed by atoms with Gasteiger partial charge in [0.2, 0.25) is 0 Å². The molecule has 5 heteroatoms. The van der Waals surface area contributed by atoms with Gasteiger partial charge in [0.25, 0.3) is 0 Å². The molecule has 2 aromatic rings. The van der Waals surface area contributed by atoms with Gasteiger partial charge in [-0.3, -0.25) is 0 Å². The number of phenols is 1. The molecule has 130 valence electrons. The predicted octanol–water partition coefficient (Wildman–Crippen LogP) is 3.67. The van der Waals surface area contributed by atoms with E-state index in [0.717, 1.165) is 25.1 Å². The number of halogens is 2. The number of phenolic OH excluding ortho intramolecular Hbond substituents is 1. The van der Waals surface area contributed by atoms with Gasteiger partial charge >= 0.3 is 0 Å². The third kappa shape index (κ3) is 5.58. The number of nitrogens with one attached hydrogen (secondary N) is 1. The van der Waals surface area contributed by atoms with E-state index >= 15 is 0 Å². The molecule has 0 bridgehead atoms. The number of hydrogen-bond acceptors (Lipinski definition) is 3. The average molecular weight is 334 g/mol. The standard InChI is InChI=1S/C13H20N2.C6H4F2O/c1-10(14)8-9-15-13-7-6-11-4-2-3-5-12(11)13;7-4-1-5(8)3-6(9)2-4/h2-5,10,13,15H,6-9,14H2,1H3;1-3,9H/t10-,13+;/m0./s1. The molecule has 0 radical (unpaired) electrons. The van der Waals surface area contributed by atoms with Crippen LogP contribution in [0.2, 0.25) is 0 Å². The summed E-state index contributed by atoms with van der Waals surface area (Å²) in [4.78, 5) is 0. The fourth-order valence-electron chi connectivity index (χ4n) is 2.79. The molecule has 3 rings (SSSR count). The van der Waals surface area contributed by atoms with E-state index < -0.39 is 17.4 Å². The van der Waals surface area contributed by atoms with Crippen molar-refractivity contribution in [2.24, 2.45) is 5.73 Å². The summed E-state index contributed by atoms with van der Waals surface area (Å²) in [5.41, 5.74) is 8.73. The predicted molar refractivity (Wildman–Crippen MR) is 91.8 cm³/mol. The minimum atomic E-state index is -0.771. The Morgan fingerprint density at radius 3 is 2.50 bits per heavy atom. The summed E-state index contributed by atoms with van der Waals surface area (Å²) >= 11 is 0. The minimum Gasteiger partial charge on any atom is -0.508 e. The van der Waals surface area contributed by atoms with Crippen LogP contribution in [0.15, 0.2) is 42.5 Å². The van der Waals surface area contributed by atoms with Gasteiger partial charge in [-0.2, -0.15) is 0 Å². The van der Waals surface area contributed by atoms with Crippen LogP contribution < -0.4 is 11.1 Å². The van der Waals surface area contributed by atoms with Crippen molar-refractivity contribution in [3.05, 3.63) is 65.2 Å².